The van der Waals surface area contributed by atoms with Crippen molar-refractivity contribution in [3.63, 3.8) is 0 Å². The Morgan fingerprint density at radius 2 is 2.05 bits per heavy atom. The van der Waals surface area contributed by atoms with Crippen LogP contribution in [0, 0.1) is 11.7 Å². The first-order chi connectivity index (χ1) is 9.36. The summed E-state index contributed by atoms with van der Waals surface area (Å²) >= 11 is 0. The molecule has 1 fully saturated rings. The highest BCUT2D eigenvalue weighted by Crippen LogP contribution is 2.32. The van der Waals surface area contributed by atoms with Gasteiger partial charge in [-0.15, -0.1) is 0 Å². The van der Waals surface area contributed by atoms with Crippen molar-refractivity contribution in [2.45, 2.75) is 44.2 Å². The van der Waals surface area contributed by atoms with Crippen molar-refractivity contribution < 1.29 is 12.8 Å². The lowest BCUT2D eigenvalue weighted by atomic mass is 10.2. The Balaban J connectivity index is 2.36. The fraction of sp³-hybridized carbons (Fsp3) is 0.571. The number of halogens is 1. The summed E-state index contributed by atoms with van der Waals surface area (Å²) in [6.45, 7) is 4.23. The third kappa shape index (κ3) is 3.19. The van der Waals surface area contributed by atoms with Crippen molar-refractivity contribution in [3.8, 4) is 0 Å². The van der Waals surface area contributed by atoms with Crippen LogP contribution in [0.15, 0.2) is 23.1 Å². The Labute approximate surface area is 119 Å². The Hall–Kier alpha value is -0.980. The lowest BCUT2D eigenvalue weighted by Gasteiger charge is -2.26. The van der Waals surface area contributed by atoms with Gasteiger partial charge in [-0.3, -0.25) is 0 Å². The zero-order valence-electron chi connectivity index (χ0n) is 11.8. The zero-order chi connectivity index (χ0) is 14.9. The number of nitrogens with zero attached hydrogens (tertiary/aromatic N) is 1. The standard InChI is InChI=1S/C14H21FN2O2S/c1-10(2)17(9-11-3-4-11)20(18,19)13-5-6-14(15)12(7-13)8-16/h5-7,10-11H,3-4,8-9,16H2,1-2H3. The summed E-state index contributed by atoms with van der Waals surface area (Å²) < 4.78 is 40.3. The van der Waals surface area contributed by atoms with E-state index >= 15 is 0 Å². The molecular formula is C14H21FN2O2S. The zero-order valence-corrected chi connectivity index (χ0v) is 12.7. The first-order valence-corrected chi connectivity index (χ1v) is 8.30. The molecule has 0 heterocycles. The Morgan fingerprint density at radius 1 is 1.40 bits per heavy atom. The third-order valence-electron chi connectivity index (χ3n) is 3.55. The molecule has 20 heavy (non-hydrogen) atoms. The van der Waals surface area contributed by atoms with Gasteiger partial charge >= 0.3 is 0 Å². The molecule has 1 aliphatic carbocycles. The summed E-state index contributed by atoms with van der Waals surface area (Å²) in [7, 11) is -3.59. The lowest BCUT2D eigenvalue weighted by molar-refractivity contribution is 0.341. The van der Waals surface area contributed by atoms with E-state index in [2.05, 4.69) is 0 Å². The monoisotopic (exact) mass is 300 g/mol. The normalized spacial score (nSPS) is 16.1. The van der Waals surface area contributed by atoms with Gasteiger partial charge in [0.05, 0.1) is 4.90 Å². The predicted octanol–water partition coefficient (Wildman–Crippen LogP) is 2.09. The third-order valence-corrected chi connectivity index (χ3v) is 5.59. The van der Waals surface area contributed by atoms with Crippen molar-refractivity contribution in [1.29, 1.82) is 0 Å². The van der Waals surface area contributed by atoms with Crippen molar-refractivity contribution in [1.82, 2.24) is 4.31 Å². The highest BCUT2D eigenvalue weighted by atomic mass is 32.2. The average molecular weight is 300 g/mol. The Kier molecular flexibility index (Phi) is 4.46. The summed E-state index contributed by atoms with van der Waals surface area (Å²) in [6, 6.07) is 3.70. The smallest absolute Gasteiger partial charge is 0.243 e. The predicted molar refractivity (Wildman–Crippen MR) is 76.0 cm³/mol. The molecular weight excluding hydrogens is 279 g/mol. The van der Waals surface area contributed by atoms with Gasteiger partial charge in [-0.25, -0.2) is 12.8 Å². The molecule has 4 nitrogen and oxygen atoms in total. The molecule has 1 aromatic rings. The molecule has 0 aliphatic heterocycles. The average Bonchev–Trinajstić information content (AvgIpc) is 3.19. The summed E-state index contributed by atoms with van der Waals surface area (Å²) in [4.78, 5) is 0.119. The number of hydrogen-bond acceptors (Lipinski definition) is 3. The molecule has 1 saturated carbocycles. The number of benzene rings is 1. The first-order valence-electron chi connectivity index (χ1n) is 6.86. The van der Waals surface area contributed by atoms with Crippen LogP contribution in [0.1, 0.15) is 32.3 Å². The van der Waals surface area contributed by atoms with Gasteiger partial charge in [0.1, 0.15) is 5.82 Å². The molecule has 2 rings (SSSR count). The van der Waals surface area contributed by atoms with Gasteiger partial charge in [-0.05, 0) is 50.8 Å². The van der Waals surface area contributed by atoms with E-state index in [1.807, 2.05) is 13.8 Å². The van der Waals surface area contributed by atoms with Crippen LogP contribution < -0.4 is 5.73 Å². The minimum Gasteiger partial charge on any atom is -0.326 e. The fourth-order valence-electron chi connectivity index (χ4n) is 2.14. The van der Waals surface area contributed by atoms with Crippen molar-refractivity contribution in [2.24, 2.45) is 11.7 Å². The molecule has 0 spiro atoms. The van der Waals surface area contributed by atoms with Gasteiger partial charge in [0.25, 0.3) is 0 Å². The molecule has 0 radical (unpaired) electrons. The van der Waals surface area contributed by atoms with Crippen molar-refractivity contribution in [2.75, 3.05) is 6.54 Å². The van der Waals surface area contributed by atoms with Crippen LogP contribution in [0.4, 0.5) is 4.39 Å². The fourth-order valence-corrected chi connectivity index (χ4v) is 3.91. The topological polar surface area (TPSA) is 63.4 Å². The van der Waals surface area contributed by atoms with Crippen LogP contribution in [0.3, 0.4) is 0 Å². The van der Waals surface area contributed by atoms with E-state index in [0.29, 0.717) is 12.5 Å². The van der Waals surface area contributed by atoms with Crippen LogP contribution in [-0.2, 0) is 16.6 Å². The van der Waals surface area contributed by atoms with Crippen LogP contribution in [-0.4, -0.2) is 25.3 Å². The van der Waals surface area contributed by atoms with Gasteiger partial charge in [0, 0.05) is 24.7 Å². The van der Waals surface area contributed by atoms with Crippen LogP contribution >= 0.6 is 0 Å². The number of sulfonamides is 1. The van der Waals surface area contributed by atoms with Gasteiger partial charge < -0.3 is 5.73 Å². The number of nitrogens with two attached hydrogens (primary N) is 1. The second-order valence-electron chi connectivity index (χ2n) is 5.57. The van der Waals surface area contributed by atoms with Gasteiger partial charge in [0.2, 0.25) is 10.0 Å². The lowest BCUT2D eigenvalue weighted by Crippen LogP contribution is -2.38. The van der Waals surface area contributed by atoms with E-state index in [1.54, 1.807) is 0 Å². The summed E-state index contributed by atoms with van der Waals surface area (Å²) in [6.07, 6.45) is 2.16. The van der Waals surface area contributed by atoms with Gasteiger partial charge in [0.15, 0.2) is 0 Å². The molecule has 6 heteroatoms. The quantitative estimate of drug-likeness (QED) is 0.875. The van der Waals surface area contributed by atoms with Crippen LogP contribution in [0.5, 0.6) is 0 Å². The molecule has 1 aromatic carbocycles. The highest BCUT2D eigenvalue weighted by Gasteiger charge is 2.33. The molecule has 0 saturated heterocycles. The van der Waals surface area contributed by atoms with E-state index in [0.717, 1.165) is 12.8 Å². The second-order valence-corrected chi connectivity index (χ2v) is 7.46. The molecule has 0 bridgehead atoms. The highest BCUT2D eigenvalue weighted by molar-refractivity contribution is 7.89. The van der Waals surface area contributed by atoms with Crippen molar-refractivity contribution >= 4 is 10.0 Å². The molecule has 0 aromatic heterocycles. The molecule has 2 N–H and O–H groups in total. The van der Waals surface area contributed by atoms with Crippen LogP contribution in [0.25, 0.3) is 0 Å². The maximum absolute atomic E-state index is 13.4. The summed E-state index contributed by atoms with van der Waals surface area (Å²) in [5.41, 5.74) is 5.66. The van der Waals surface area contributed by atoms with Crippen LogP contribution in [0.2, 0.25) is 0 Å². The number of hydrogen-bond donors (Lipinski definition) is 1. The van der Waals surface area contributed by atoms with E-state index in [9.17, 15) is 12.8 Å². The minimum absolute atomic E-state index is 0.0144. The molecule has 112 valence electrons. The van der Waals surface area contributed by atoms with E-state index in [4.69, 9.17) is 5.73 Å². The largest absolute Gasteiger partial charge is 0.326 e. The molecule has 0 unspecified atom stereocenters. The molecule has 0 atom stereocenters. The Morgan fingerprint density at radius 3 is 2.55 bits per heavy atom. The summed E-state index contributed by atoms with van der Waals surface area (Å²) in [5.74, 6) is -0.00802. The first kappa shape index (κ1) is 15.4. The van der Waals surface area contributed by atoms with E-state index < -0.39 is 15.8 Å². The van der Waals surface area contributed by atoms with Gasteiger partial charge in [-0.2, -0.15) is 4.31 Å². The van der Waals surface area contributed by atoms with Gasteiger partial charge in [-0.1, -0.05) is 0 Å². The maximum Gasteiger partial charge on any atom is 0.243 e. The maximum atomic E-state index is 13.4. The minimum atomic E-state index is -3.59. The summed E-state index contributed by atoms with van der Waals surface area (Å²) in [5, 5.41) is 0. The van der Waals surface area contributed by atoms with Crippen molar-refractivity contribution in [3.05, 3.63) is 29.6 Å². The second kappa shape index (κ2) is 5.79. The molecule has 0 amide bonds. The van der Waals surface area contributed by atoms with E-state index in [-0.39, 0.29) is 23.0 Å². The Bertz CT molecular complexity index is 583. The number of rotatable bonds is 6. The SMILES string of the molecule is CC(C)N(CC1CC1)S(=O)(=O)c1ccc(F)c(CN)c1. The van der Waals surface area contributed by atoms with E-state index in [1.165, 1.54) is 22.5 Å². The molecule has 1 aliphatic rings.